The first kappa shape index (κ1) is 15.2. The first-order valence-corrected chi connectivity index (χ1v) is 7.41. The van der Waals surface area contributed by atoms with Gasteiger partial charge in [-0.1, -0.05) is 6.92 Å². The normalized spacial score (nSPS) is 11.0. The van der Waals surface area contributed by atoms with Gasteiger partial charge in [0, 0.05) is 12.5 Å². The van der Waals surface area contributed by atoms with E-state index in [9.17, 15) is 9.18 Å². The Balaban J connectivity index is 2.32. The standard InChI is InChI=1S/C18H17FN2O2/c1-4-17-20-16-10-15(19)11(2)9-14(16)18(22)21(17)12-5-7-13(23-3)8-6-12/h5-10H,4H2,1-3H3. The lowest BCUT2D eigenvalue weighted by Crippen LogP contribution is -2.23. The lowest BCUT2D eigenvalue weighted by Gasteiger charge is -2.13. The molecule has 3 rings (SSSR count). The third kappa shape index (κ3) is 2.59. The third-order valence-corrected chi connectivity index (χ3v) is 3.86. The molecule has 4 nitrogen and oxygen atoms in total. The van der Waals surface area contributed by atoms with Gasteiger partial charge in [-0.2, -0.15) is 0 Å². The Kier molecular flexibility index (Phi) is 3.86. The monoisotopic (exact) mass is 312 g/mol. The maximum absolute atomic E-state index is 13.8. The topological polar surface area (TPSA) is 44.1 Å². The number of benzene rings is 2. The number of halogens is 1. The zero-order chi connectivity index (χ0) is 16.6. The number of hydrogen-bond donors (Lipinski definition) is 0. The maximum Gasteiger partial charge on any atom is 0.265 e. The predicted molar refractivity (Wildman–Crippen MR) is 88.0 cm³/mol. The zero-order valence-corrected chi connectivity index (χ0v) is 13.3. The fourth-order valence-electron chi connectivity index (χ4n) is 2.60. The molecule has 23 heavy (non-hydrogen) atoms. The molecule has 118 valence electrons. The van der Waals surface area contributed by atoms with Crippen LogP contribution in [-0.4, -0.2) is 16.7 Å². The Morgan fingerprint density at radius 3 is 2.52 bits per heavy atom. The quantitative estimate of drug-likeness (QED) is 0.744. The molecule has 1 aromatic heterocycles. The summed E-state index contributed by atoms with van der Waals surface area (Å²) in [5, 5.41) is 0.414. The second-order valence-electron chi connectivity index (χ2n) is 5.34. The number of fused-ring (bicyclic) bond motifs is 1. The molecular weight excluding hydrogens is 295 g/mol. The first-order valence-electron chi connectivity index (χ1n) is 7.41. The fraction of sp³-hybridized carbons (Fsp3) is 0.222. The van der Waals surface area contributed by atoms with Crippen molar-refractivity contribution in [2.75, 3.05) is 7.11 Å². The van der Waals surface area contributed by atoms with Gasteiger partial charge in [-0.15, -0.1) is 0 Å². The Labute approximate surface area is 133 Å². The van der Waals surface area contributed by atoms with E-state index in [0.29, 0.717) is 40.1 Å². The van der Waals surface area contributed by atoms with Gasteiger partial charge < -0.3 is 4.74 Å². The van der Waals surface area contributed by atoms with Crippen LogP contribution in [0.4, 0.5) is 4.39 Å². The van der Waals surface area contributed by atoms with Crippen LogP contribution in [0.1, 0.15) is 18.3 Å². The summed E-state index contributed by atoms with van der Waals surface area (Å²) in [7, 11) is 1.59. The summed E-state index contributed by atoms with van der Waals surface area (Å²) in [5.41, 5.74) is 1.34. The van der Waals surface area contributed by atoms with E-state index >= 15 is 0 Å². The van der Waals surface area contributed by atoms with Crippen molar-refractivity contribution in [3.8, 4) is 11.4 Å². The van der Waals surface area contributed by atoms with E-state index in [0.717, 1.165) is 0 Å². The van der Waals surface area contributed by atoms with Crippen molar-refractivity contribution >= 4 is 10.9 Å². The highest BCUT2D eigenvalue weighted by atomic mass is 19.1. The second kappa shape index (κ2) is 5.83. The Morgan fingerprint density at radius 2 is 1.91 bits per heavy atom. The van der Waals surface area contributed by atoms with Crippen molar-refractivity contribution in [2.24, 2.45) is 0 Å². The van der Waals surface area contributed by atoms with Crippen molar-refractivity contribution in [2.45, 2.75) is 20.3 Å². The van der Waals surface area contributed by atoms with E-state index in [1.54, 1.807) is 36.8 Å². The minimum Gasteiger partial charge on any atom is -0.497 e. The lowest BCUT2D eigenvalue weighted by molar-refractivity contribution is 0.414. The van der Waals surface area contributed by atoms with E-state index in [1.807, 2.05) is 19.1 Å². The van der Waals surface area contributed by atoms with E-state index in [-0.39, 0.29) is 11.4 Å². The van der Waals surface area contributed by atoms with Gasteiger partial charge in [0.2, 0.25) is 0 Å². The Morgan fingerprint density at radius 1 is 1.22 bits per heavy atom. The van der Waals surface area contributed by atoms with Crippen molar-refractivity contribution in [3.05, 3.63) is 64.0 Å². The summed E-state index contributed by atoms with van der Waals surface area (Å²) in [4.78, 5) is 17.4. The molecule has 0 spiro atoms. The number of aryl methyl sites for hydroxylation is 2. The predicted octanol–water partition coefficient (Wildman–Crippen LogP) is 3.40. The van der Waals surface area contributed by atoms with Crippen LogP contribution in [-0.2, 0) is 6.42 Å². The van der Waals surface area contributed by atoms with Gasteiger partial charge in [0.05, 0.1) is 23.7 Å². The number of nitrogens with zero attached hydrogens (tertiary/aromatic N) is 2. The smallest absolute Gasteiger partial charge is 0.265 e. The number of methoxy groups -OCH3 is 1. The summed E-state index contributed by atoms with van der Waals surface area (Å²) in [6, 6.07) is 10.1. The molecule has 0 aliphatic heterocycles. The summed E-state index contributed by atoms with van der Waals surface area (Å²) in [6.45, 7) is 3.55. The van der Waals surface area contributed by atoms with Gasteiger partial charge in [-0.05, 0) is 42.8 Å². The lowest BCUT2D eigenvalue weighted by atomic mass is 10.1. The van der Waals surface area contributed by atoms with Crippen LogP contribution in [0, 0.1) is 12.7 Å². The summed E-state index contributed by atoms with van der Waals surface area (Å²) < 4.78 is 20.5. The summed E-state index contributed by atoms with van der Waals surface area (Å²) in [6.07, 6.45) is 0.562. The largest absolute Gasteiger partial charge is 0.497 e. The third-order valence-electron chi connectivity index (χ3n) is 3.86. The molecule has 0 saturated heterocycles. The molecule has 5 heteroatoms. The Hall–Kier alpha value is -2.69. The highest BCUT2D eigenvalue weighted by molar-refractivity contribution is 5.79. The minimum atomic E-state index is -0.353. The second-order valence-corrected chi connectivity index (χ2v) is 5.34. The van der Waals surface area contributed by atoms with Gasteiger partial charge in [0.25, 0.3) is 5.56 Å². The van der Waals surface area contributed by atoms with Crippen LogP contribution in [0.15, 0.2) is 41.2 Å². The van der Waals surface area contributed by atoms with Crippen LogP contribution in [0.25, 0.3) is 16.6 Å². The van der Waals surface area contributed by atoms with Crippen molar-refractivity contribution in [1.82, 2.24) is 9.55 Å². The van der Waals surface area contributed by atoms with Crippen molar-refractivity contribution in [1.29, 1.82) is 0 Å². The molecule has 0 atom stereocenters. The molecule has 0 amide bonds. The van der Waals surface area contributed by atoms with Crippen LogP contribution in [0.5, 0.6) is 5.75 Å². The number of ether oxygens (including phenoxy) is 1. The molecule has 0 radical (unpaired) electrons. The molecule has 0 fully saturated rings. The number of aromatic nitrogens is 2. The maximum atomic E-state index is 13.8. The highest BCUT2D eigenvalue weighted by Crippen LogP contribution is 2.19. The average Bonchev–Trinajstić information content (AvgIpc) is 2.57. The highest BCUT2D eigenvalue weighted by Gasteiger charge is 2.13. The molecule has 0 unspecified atom stereocenters. The van der Waals surface area contributed by atoms with E-state index < -0.39 is 0 Å². The van der Waals surface area contributed by atoms with E-state index in [1.165, 1.54) is 6.07 Å². The fourth-order valence-corrected chi connectivity index (χ4v) is 2.60. The molecule has 1 heterocycles. The molecular formula is C18H17FN2O2. The van der Waals surface area contributed by atoms with Crippen LogP contribution >= 0.6 is 0 Å². The SMILES string of the molecule is CCc1nc2cc(F)c(C)cc2c(=O)n1-c1ccc(OC)cc1. The van der Waals surface area contributed by atoms with Gasteiger partial charge in [-0.3, -0.25) is 9.36 Å². The van der Waals surface area contributed by atoms with Crippen LogP contribution in [0.2, 0.25) is 0 Å². The average molecular weight is 312 g/mol. The summed E-state index contributed by atoms with van der Waals surface area (Å²) in [5.74, 6) is 0.955. The van der Waals surface area contributed by atoms with Crippen molar-refractivity contribution in [3.63, 3.8) is 0 Å². The minimum absolute atomic E-state index is 0.194. The number of rotatable bonds is 3. The van der Waals surface area contributed by atoms with Gasteiger partial charge in [0.1, 0.15) is 17.4 Å². The molecule has 0 saturated carbocycles. The zero-order valence-electron chi connectivity index (χ0n) is 13.3. The van der Waals surface area contributed by atoms with Crippen LogP contribution < -0.4 is 10.3 Å². The molecule has 0 aliphatic carbocycles. The van der Waals surface area contributed by atoms with Gasteiger partial charge in [0.15, 0.2) is 0 Å². The Bertz CT molecular complexity index is 930. The molecule has 0 N–H and O–H groups in total. The van der Waals surface area contributed by atoms with Gasteiger partial charge >= 0.3 is 0 Å². The van der Waals surface area contributed by atoms with Crippen molar-refractivity contribution < 1.29 is 9.13 Å². The molecule has 3 aromatic rings. The van der Waals surface area contributed by atoms with Gasteiger partial charge in [-0.25, -0.2) is 9.37 Å². The molecule has 0 bridgehead atoms. The molecule has 2 aromatic carbocycles. The van der Waals surface area contributed by atoms with E-state index in [4.69, 9.17) is 4.74 Å². The van der Waals surface area contributed by atoms with E-state index in [2.05, 4.69) is 4.98 Å². The number of hydrogen-bond acceptors (Lipinski definition) is 3. The van der Waals surface area contributed by atoms with Crippen LogP contribution in [0.3, 0.4) is 0 Å². The molecule has 0 aliphatic rings. The first-order chi connectivity index (χ1) is 11.0. The summed E-state index contributed by atoms with van der Waals surface area (Å²) >= 11 is 0.